The molecule has 0 saturated carbocycles. The predicted molar refractivity (Wildman–Crippen MR) is 104 cm³/mol. The van der Waals surface area contributed by atoms with Crippen molar-refractivity contribution < 1.29 is 18.0 Å². The quantitative estimate of drug-likeness (QED) is 0.819. The first kappa shape index (κ1) is 19.0. The monoisotopic (exact) mass is 425 g/mol. The Morgan fingerprint density at radius 2 is 2.07 bits per heavy atom. The number of amides is 1. The lowest BCUT2D eigenvalue weighted by Gasteiger charge is -2.60. The molecule has 0 unspecified atom stereocenters. The molecule has 3 aliphatic heterocycles. The smallest absolute Gasteiger partial charge is 0.354 e. The Morgan fingerprint density at radius 1 is 1.31 bits per heavy atom. The van der Waals surface area contributed by atoms with Crippen LogP contribution in [-0.4, -0.2) is 65.7 Å². The second-order valence-electron chi connectivity index (χ2n) is 8.77. The summed E-state index contributed by atoms with van der Waals surface area (Å²) in [5, 5.41) is 3.98. The van der Waals surface area contributed by atoms with E-state index in [-0.39, 0.29) is 22.2 Å². The van der Waals surface area contributed by atoms with Gasteiger partial charge in [0.05, 0.1) is 17.8 Å². The van der Waals surface area contributed by atoms with Gasteiger partial charge in [0.15, 0.2) is 0 Å². The highest BCUT2D eigenvalue weighted by Crippen LogP contribution is 2.44. The Morgan fingerprint density at radius 3 is 2.72 bits per heavy atom. The van der Waals surface area contributed by atoms with Crippen molar-refractivity contribution in [2.45, 2.75) is 32.0 Å². The van der Waals surface area contributed by atoms with E-state index in [0.29, 0.717) is 22.0 Å². The van der Waals surface area contributed by atoms with Crippen molar-refractivity contribution in [2.24, 2.45) is 11.3 Å². The molecule has 2 aromatic rings. The molecule has 0 radical (unpaired) electrons. The van der Waals surface area contributed by atoms with Gasteiger partial charge in [0.1, 0.15) is 17.0 Å². The fraction of sp³-hybridized carbons (Fsp3) is 0.632. The number of nitrogens with zero attached hydrogens (tertiary/aromatic N) is 4. The largest absolute Gasteiger partial charge is 0.393 e. The SMILES string of the molecule is C[C@@H]1CN[C@H](C(=O)N2CC3(C2)CN(c2ncnc4sc(CC(F)(F)F)cc24)C3)C1. The van der Waals surface area contributed by atoms with Gasteiger partial charge >= 0.3 is 6.18 Å². The molecule has 0 aromatic carbocycles. The van der Waals surface area contributed by atoms with E-state index in [1.54, 1.807) is 6.07 Å². The first-order valence-electron chi connectivity index (χ1n) is 9.79. The van der Waals surface area contributed by atoms with Crippen LogP contribution in [0.2, 0.25) is 0 Å². The lowest BCUT2D eigenvalue weighted by molar-refractivity contribution is -0.147. The van der Waals surface area contributed by atoms with Crippen molar-refractivity contribution in [1.29, 1.82) is 0 Å². The fourth-order valence-electron chi connectivity index (χ4n) is 4.78. The summed E-state index contributed by atoms with van der Waals surface area (Å²) in [4.78, 5) is 25.9. The predicted octanol–water partition coefficient (Wildman–Crippen LogP) is 2.44. The minimum Gasteiger partial charge on any atom is -0.354 e. The van der Waals surface area contributed by atoms with Crippen molar-refractivity contribution in [3.63, 3.8) is 0 Å². The third kappa shape index (κ3) is 3.46. The van der Waals surface area contributed by atoms with Gasteiger partial charge in [0, 0.05) is 36.5 Å². The van der Waals surface area contributed by atoms with E-state index in [0.717, 1.165) is 50.5 Å². The van der Waals surface area contributed by atoms with Crippen LogP contribution in [0.1, 0.15) is 18.2 Å². The molecule has 0 aliphatic carbocycles. The number of hydrogen-bond donors (Lipinski definition) is 1. The van der Waals surface area contributed by atoms with Gasteiger partial charge in [0.2, 0.25) is 5.91 Å². The number of thiophene rings is 1. The average Bonchev–Trinajstić information content (AvgIpc) is 3.16. The summed E-state index contributed by atoms with van der Waals surface area (Å²) in [5.74, 6) is 1.42. The number of aromatic nitrogens is 2. The lowest BCUT2D eigenvalue weighted by Crippen LogP contribution is -2.74. The van der Waals surface area contributed by atoms with Gasteiger partial charge in [-0.2, -0.15) is 13.2 Å². The van der Waals surface area contributed by atoms with Crippen LogP contribution in [0, 0.1) is 11.3 Å². The van der Waals surface area contributed by atoms with Crippen LogP contribution in [0.5, 0.6) is 0 Å². The highest BCUT2D eigenvalue weighted by molar-refractivity contribution is 7.18. The van der Waals surface area contributed by atoms with Gasteiger partial charge in [-0.3, -0.25) is 4.79 Å². The highest BCUT2D eigenvalue weighted by atomic mass is 32.1. The van der Waals surface area contributed by atoms with Gasteiger partial charge in [-0.15, -0.1) is 11.3 Å². The normalized spacial score (nSPS) is 26.1. The van der Waals surface area contributed by atoms with Gasteiger partial charge < -0.3 is 15.1 Å². The number of nitrogens with one attached hydrogen (secondary N) is 1. The maximum absolute atomic E-state index is 12.7. The van der Waals surface area contributed by atoms with E-state index in [9.17, 15) is 18.0 Å². The van der Waals surface area contributed by atoms with E-state index in [4.69, 9.17) is 0 Å². The molecule has 6 nitrogen and oxygen atoms in total. The van der Waals surface area contributed by atoms with Crippen LogP contribution in [0.4, 0.5) is 19.0 Å². The average molecular weight is 425 g/mol. The molecular formula is C19H22F3N5OS. The summed E-state index contributed by atoms with van der Waals surface area (Å²) >= 11 is 1.07. The second kappa shape index (κ2) is 6.53. The number of carbonyl (C=O) groups is 1. The maximum atomic E-state index is 12.7. The molecule has 3 saturated heterocycles. The van der Waals surface area contributed by atoms with Gasteiger partial charge in [0.25, 0.3) is 0 Å². The molecule has 3 aliphatic rings. The Kier molecular flexibility index (Phi) is 4.29. The molecule has 1 amide bonds. The summed E-state index contributed by atoms with van der Waals surface area (Å²) in [5.41, 5.74) is 0.0853. The summed E-state index contributed by atoms with van der Waals surface area (Å²) < 4.78 is 38.2. The van der Waals surface area contributed by atoms with Gasteiger partial charge in [-0.1, -0.05) is 6.92 Å². The fourth-order valence-corrected chi connectivity index (χ4v) is 5.80. The number of alkyl halides is 3. The molecular weight excluding hydrogens is 403 g/mol. The van der Waals surface area contributed by atoms with Crippen LogP contribution in [0.25, 0.3) is 10.2 Å². The number of likely N-dealkylation sites (tertiary alicyclic amines) is 1. The molecule has 2 atom stereocenters. The van der Waals surface area contributed by atoms with Gasteiger partial charge in [-0.25, -0.2) is 9.97 Å². The highest BCUT2D eigenvalue weighted by Gasteiger charge is 2.54. The first-order valence-corrected chi connectivity index (χ1v) is 10.6. The summed E-state index contributed by atoms with van der Waals surface area (Å²) in [6.45, 7) is 6.06. The van der Waals surface area contributed by atoms with E-state index < -0.39 is 12.6 Å². The van der Waals surface area contributed by atoms with Crippen LogP contribution >= 0.6 is 11.3 Å². The van der Waals surface area contributed by atoms with Crippen molar-refractivity contribution in [3.8, 4) is 0 Å². The molecule has 3 fully saturated rings. The van der Waals surface area contributed by atoms with Crippen molar-refractivity contribution in [2.75, 3.05) is 37.6 Å². The number of rotatable bonds is 3. The van der Waals surface area contributed by atoms with E-state index in [2.05, 4.69) is 27.1 Å². The van der Waals surface area contributed by atoms with E-state index in [1.165, 1.54) is 6.33 Å². The van der Waals surface area contributed by atoms with Crippen LogP contribution in [0.3, 0.4) is 0 Å². The Labute approximate surface area is 170 Å². The zero-order valence-electron chi connectivity index (χ0n) is 16.0. The molecule has 0 bridgehead atoms. The molecule has 10 heteroatoms. The molecule has 156 valence electrons. The van der Waals surface area contributed by atoms with Gasteiger partial charge in [-0.05, 0) is 24.9 Å². The Hall–Kier alpha value is -1.94. The first-order chi connectivity index (χ1) is 13.7. The molecule has 1 N–H and O–H groups in total. The topological polar surface area (TPSA) is 61.4 Å². The third-order valence-corrected chi connectivity index (χ3v) is 7.14. The minimum absolute atomic E-state index is 0.0575. The van der Waals surface area contributed by atoms with Crippen molar-refractivity contribution >= 4 is 33.3 Å². The van der Waals surface area contributed by atoms with Crippen LogP contribution in [-0.2, 0) is 11.2 Å². The Balaban J connectivity index is 1.24. The number of fused-ring (bicyclic) bond motifs is 1. The zero-order valence-corrected chi connectivity index (χ0v) is 16.8. The number of anilines is 1. The minimum atomic E-state index is -4.23. The van der Waals surface area contributed by atoms with E-state index >= 15 is 0 Å². The standard InChI is InChI=1S/C19H22F3N5OS/c1-11-2-14(23-5-11)17(28)27-8-18(9-27)6-26(7-18)15-13-3-12(4-19(20,21)22)29-16(13)25-10-24-15/h3,10-11,14,23H,2,4-9H2,1H3/t11-,14-/m0/s1. The third-order valence-electron chi connectivity index (χ3n) is 6.10. The lowest BCUT2D eigenvalue weighted by atomic mass is 9.72. The Bertz CT molecular complexity index is 947. The number of carbonyl (C=O) groups excluding carboxylic acids is 1. The zero-order chi connectivity index (χ0) is 20.4. The van der Waals surface area contributed by atoms with Crippen LogP contribution < -0.4 is 10.2 Å². The second-order valence-corrected chi connectivity index (χ2v) is 9.89. The van der Waals surface area contributed by atoms with Crippen molar-refractivity contribution in [3.05, 3.63) is 17.3 Å². The summed E-state index contributed by atoms with van der Waals surface area (Å²) in [6.07, 6.45) is -2.86. The van der Waals surface area contributed by atoms with E-state index in [1.807, 2.05) is 4.90 Å². The molecule has 5 rings (SSSR count). The molecule has 29 heavy (non-hydrogen) atoms. The molecule has 1 spiro atoms. The maximum Gasteiger partial charge on any atom is 0.393 e. The molecule has 5 heterocycles. The summed E-state index contributed by atoms with van der Waals surface area (Å²) in [7, 11) is 0. The van der Waals surface area contributed by atoms with Crippen LogP contribution in [0.15, 0.2) is 12.4 Å². The number of hydrogen-bond acceptors (Lipinski definition) is 6. The summed E-state index contributed by atoms with van der Waals surface area (Å²) in [6, 6.07) is 1.51. The number of halogens is 3. The van der Waals surface area contributed by atoms with Crippen molar-refractivity contribution in [1.82, 2.24) is 20.2 Å². The molecule has 2 aromatic heterocycles.